The van der Waals surface area contributed by atoms with Gasteiger partial charge in [-0.1, -0.05) is 30.3 Å². The first kappa shape index (κ1) is 17.7. The Bertz CT molecular complexity index is 672. The van der Waals surface area contributed by atoms with E-state index in [0.29, 0.717) is 11.5 Å². The van der Waals surface area contributed by atoms with Gasteiger partial charge in [-0.3, -0.25) is 0 Å². The van der Waals surface area contributed by atoms with E-state index < -0.39 is 12.4 Å². The monoisotopic (exact) mass is 346 g/mol. The Morgan fingerprint density at radius 1 is 0.960 bits per heavy atom. The van der Waals surface area contributed by atoms with Crippen LogP contribution in [0.2, 0.25) is 0 Å². The molecule has 1 aliphatic rings. The lowest BCUT2D eigenvalue weighted by Crippen LogP contribution is -2.37. The summed E-state index contributed by atoms with van der Waals surface area (Å²) in [5, 5.41) is 10.9. The second kappa shape index (κ2) is 8.31. The van der Waals surface area contributed by atoms with Crippen LogP contribution in [0.3, 0.4) is 0 Å². The predicted octanol–water partition coefficient (Wildman–Crippen LogP) is 2.83. The number of para-hydroxylation sites is 1. The molecular formula is C19H22O6. The highest BCUT2D eigenvalue weighted by atomic mass is 16.7. The van der Waals surface area contributed by atoms with Gasteiger partial charge in [0.1, 0.15) is 11.5 Å². The lowest BCUT2D eigenvalue weighted by Gasteiger charge is -2.37. The van der Waals surface area contributed by atoms with Crippen LogP contribution in [0.5, 0.6) is 11.5 Å². The van der Waals surface area contributed by atoms with Crippen LogP contribution >= 0.6 is 0 Å². The van der Waals surface area contributed by atoms with Crippen molar-refractivity contribution in [1.29, 1.82) is 0 Å². The molecule has 3 unspecified atom stereocenters. The van der Waals surface area contributed by atoms with Crippen molar-refractivity contribution >= 4 is 0 Å². The summed E-state index contributed by atoms with van der Waals surface area (Å²) in [6.45, 7) is 0.256. The number of hydrogen-bond donors (Lipinski definition) is 1. The number of methoxy groups -OCH3 is 2. The van der Waals surface area contributed by atoms with E-state index in [2.05, 4.69) is 0 Å². The van der Waals surface area contributed by atoms with E-state index >= 15 is 0 Å². The minimum Gasteiger partial charge on any atom is -0.468 e. The van der Waals surface area contributed by atoms with Crippen LogP contribution < -0.4 is 9.47 Å². The third-order valence-electron chi connectivity index (χ3n) is 4.07. The molecule has 0 amide bonds. The number of fused-ring (bicyclic) bond motifs is 1. The first-order valence-corrected chi connectivity index (χ1v) is 8.00. The minimum absolute atomic E-state index is 0.0745. The Morgan fingerprint density at radius 3 is 2.40 bits per heavy atom. The maximum atomic E-state index is 10.9. The molecule has 0 aromatic heterocycles. The first-order chi connectivity index (χ1) is 12.2. The third-order valence-corrected chi connectivity index (χ3v) is 4.07. The van der Waals surface area contributed by atoms with Gasteiger partial charge in [0.2, 0.25) is 6.29 Å². The standard InChI is InChI=1S/C19H22O6/c1-21-11-23-14-9-7-13(8-10-14)17-18(20)15-5-3-4-6-16(15)25-19(17)24-12-22-2/h3-10,17-20H,11-12H2,1-2H3. The normalized spacial score (nSPS) is 22.1. The molecule has 2 aromatic rings. The third kappa shape index (κ3) is 3.93. The zero-order chi connectivity index (χ0) is 17.6. The van der Waals surface area contributed by atoms with Crippen LogP contribution in [-0.2, 0) is 14.2 Å². The van der Waals surface area contributed by atoms with Crippen molar-refractivity contribution in [3.05, 3.63) is 59.7 Å². The Kier molecular flexibility index (Phi) is 5.88. The molecule has 134 valence electrons. The molecule has 1 heterocycles. The fourth-order valence-corrected chi connectivity index (χ4v) is 2.90. The van der Waals surface area contributed by atoms with Crippen molar-refractivity contribution in [3.8, 4) is 11.5 Å². The molecule has 1 N–H and O–H groups in total. The Labute approximate surface area is 146 Å². The van der Waals surface area contributed by atoms with E-state index in [1.807, 2.05) is 48.5 Å². The molecule has 0 saturated carbocycles. The van der Waals surface area contributed by atoms with Crippen molar-refractivity contribution in [2.45, 2.75) is 18.3 Å². The van der Waals surface area contributed by atoms with Gasteiger partial charge in [-0.2, -0.15) is 0 Å². The molecule has 0 fully saturated rings. The number of aliphatic hydroxyl groups excluding tert-OH is 1. The van der Waals surface area contributed by atoms with Gasteiger partial charge in [-0.05, 0) is 23.8 Å². The van der Waals surface area contributed by atoms with E-state index in [1.54, 1.807) is 14.2 Å². The van der Waals surface area contributed by atoms with Crippen molar-refractivity contribution in [2.24, 2.45) is 0 Å². The largest absolute Gasteiger partial charge is 0.468 e. The van der Waals surface area contributed by atoms with Gasteiger partial charge in [0, 0.05) is 19.8 Å². The summed E-state index contributed by atoms with van der Waals surface area (Å²) >= 11 is 0. The van der Waals surface area contributed by atoms with Crippen LogP contribution in [-0.4, -0.2) is 39.2 Å². The van der Waals surface area contributed by atoms with Gasteiger partial charge in [-0.15, -0.1) is 0 Å². The number of rotatable bonds is 7. The van der Waals surface area contributed by atoms with Crippen molar-refractivity contribution in [3.63, 3.8) is 0 Å². The number of ether oxygens (including phenoxy) is 5. The number of benzene rings is 2. The maximum Gasteiger partial charge on any atom is 0.211 e. The molecular weight excluding hydrogens is 324 g/mol. The lowest BCUT2D eigenvalue weighted by atomic mass is 9.86. The molecule has 0 radical (unpaired) electrons. The van der Waals surface area contributed by atoms with Crippen molar-refractivity contribution in [2.75, 3.05) is 27.8 Å². The highest BCUT2D eigenvalue weighted by molar-refractivity contribution is 5.41. The summed E-state index contributed by atoms with van der Waals surface area (Å²) in [6.07, 6.45) is -1.41. The summed E-state index contributed by atoms with van der Waals surface area (Å²) in [4.78, 5) is 0. The number of hydrogen-bond acceptors (Lipinski definition) is 6. The molecule has 25 heavy (non-hydrogen) atoms. The van der Waals surface area contributed by atoms with Gasteiger partial charge in [0.25, 0.3) is 0 Å². The van der Waals surface area contributed by atoms with Crippen molar-refractivity contribution < 1.29 is 28.8 Å². The van der Waals surface area contributed by atoms with E-state index in [1.165, 1.54) is 0 Å². The van der Waals surface area contributed by atoms with Crippen LogP contribution in [0.4, 0.5) is 0 Å². The Morgan fingerprint density at radius 2 is 1.68 bits per heavy atom. The number of aliphatic hydroxyl groups is 1. The molecule has 2 aromatic carbocycles. The van der Waals surface area contributed by atoms with Crippen LogP contribution in [0.15, 0.2) is 48.5 Å². The highest BCUT2D eigenvalue weighted by Crippen LogP contribution is 2.44. The van der Waals surface area contributed by atoms with Crippen LogP contribution in [0.25, 0.3) is 0 Å². The zero-order valence-electron chi connectivity index (χ0n) is 14.3. The molecule has 0 bridgehead atoms. The van der Waals surface area contributed by atoms with E-state index in [9.17, 15) is 5.11 Å². The van der Waals surface area contributed by atoms with Crippen LogP contribution in [0.1, 0.15) is 23.1 Å². The molecule has 6 nitrogen and oxygen atoms in total. The SMILES string of the molecule is COCOc1ccc(C2C(OCOC)Oc3ccccc3C2O)cc1. The minimum atomic E-state index is -0.752. The molecule has 6 heteroatoms. The van der Waals surface area contributed by atoms with E-state index in [-0.39, 0.29) is 19.5 Å². The molecule has 3 rings (SSSR count). The van der Waals surface area contributed by atoms with Crippen LogP contribution in [0, 0.1) is 0 Å². The van der Waals surface area contributed by atoms with Gasteiger partial charge < -0.3 is 28.8 Å². The summed E-state index contributed by atoms with van der Waals surface area (Å²) in [5.41, 5.74) is 1.62. The Hall–Kier alpha value is -2.12. The quantitative estimate of drug-likeness (QED) is 0.778. The summed E-state index contributed by atoms with van der Waals surface area (Å²) in [7, 11) is 3.11. The van der Waals surface area contributed by atoms with E-state index in [4.69, 9.17) is 23.7 Å². The fraction of sp³-hybridized carbons (Fsp3) is 0.368. The summed E-state index contributed by atoms with van der Waals surface area (Å²) < 4.78 is 26.9. The fourth-order valence-electron chi connectivity index (χ4n) is 2.90. The predicted molar refractivity (Wildman–Crippen MR) is 90.5 cm³/mol. The average molecular weight is 346 g/mol. The van der Waals surface area contributed by atoms with E-state index in [0.717, 1.165) is 11.1 Å². The smallest absolute Gasteiger partial charge is 0.211 e. The second-order valence-corrected chi connectivity index (χ2v) is 5.69. The first-order valence-electron chi connectivity index (χ1n) is 8.00. The molecule has 0 saturated heterocycles. The zero-order valence-corrected chi connectivity index (χ0v) is 14.3. The van der Waals surface area contributed by atoms with Crippen molar-refractivity contribution in [1.82, 2.24) is 0 Å². The second-order valence-electron chi connectivity index (χ2n) is 5.69. The van der Waals surface area contributed by atoms with Gasteiger partial charge in [0.15, 0.2) is 13.6 Å². The van der Waals surface area contributed by atoms with Gasteiger partial charge in [-0.25, -0.2) is 0 Å². The highest BCUT2D eigenvalue weighted by Gasteiger charge is 2.39. The lowest BCUT2D eigenvalue weighted by molar-refractivity contribution is -0.179. The van der Waals surface area contributed by atoms with Gasteiger partial charge in [0.05, 0.1) is 12.0 Å². The molecule has 3 atom stereocenters. The molecule has 1 aliphatic heterocycles. The molecule has 0 aliphatic carbocycles. The maximum absolute atomic E-state index is 10.9. The van der Waals surface area contributed by atoms with Gasteiger partial charge >= 0.3 is 0 Å². The topological polar surface area (TPSA) is 66.4 Å². The Balaban J connectivity index is 1.87. The summed E-state index contributed by atoms with van der Waals surface area (Å²) in [6, 6.07) is 14.8. The average Bonchev–Trinajstić information content (AvgIpc) is 2.65. The summed E-state index contributed by atoms with van der Waals surface area (Å²) in [5.74, 6) is 0.917. The molecule has 0 spiro atoms.